The van der Waals surface area contributed by atoms with Crippen molar-refractivity contribution in [1.29, 1.82) is 0 Å². The molecule has 1 aliphatic heterocycles. The standard InChI is InChI=1S/C21H29N5O2S/c1-4-22-16(27)12-25-8-5-9-26(11-10-25)21(28)18-13(2)17-14(3)23-19(15-6-7-15)24-20(17)29-18/h15H,4-12H2,1-3H3,(H,22,27). The quantitative estimate of drug-likeness (QED) is 0.812. The van der Waals surface area contributed by atoms with E-state index in [0.717, 1.165) is 58.2 Å². The summed E-state index contributed by atoms with van der Waals surface area (Å²) in [5.74, 6) is 1.57. The maximum Gasteiger partial charge on any atom is 0.264 e. The third kappa shape index (κ3) is 4.28. The van der Waals surface area contributed by atoms with Crippen LogP contribution < -0.4 is 5.32 Å². The summed E-state index contributed by atoms with van der Waals surface area (Å²) < 4.78 is 0. The zero-order valence-corrected chi connectivity index (χ0v) is 18.3. The molecule has 1 saturated heterocycles. The van der Waals surface area contributed by atoms with Crippen molar-refractivity contribution in [2.24, 2.45) is 0 Å². The van der Waals surface area contributed by atoms with E-state index in [1.807, 2.05) is 25.7 Å². The largest absolute Gasteiger partial charge is 0.355 e. The summed E-state index contributed by atoms with van der Waals surface area (Å²) in [5, 5.41) is 3.88. The minimum Gasteiger partial charge on any atom is -0.355 e. The molecule has 0 aromatic carbocycles. The average Bonchev–Trinajstić information content (AvgIpc) is 3.49. The van der Waals surface area contributed by atoms with E-state index in [1.165, 1.54) is 24.2 Å². The average molecular weight is 416 g/mol. The van der Waals surface area contributed by atoms with Crippen molar-refractivity contribution >= 4 is 33.4 Å². The van der Waals surface area contributed by atoms with Gasteiger partial charge in [-0.3, -0.25) is 14.5 Å². The molecule has 156 valence electrons. The first-order valence-electron chi connectivity index (χ1n) is 10.5. The predicted molar refractivity (Wildman–Crippen MR) is 115 cm³/mol. The maximum absolute atomic E-state index is 13.3. The number of nitrogens with one attached hydrogen (secondary N) is 1. The lowest BCUT2D eigenvalue weighted by Gasteiger charge is -2.21. The van der Waals surface area contributed by atoms with Crippen LogP contribution in [-0.4, -0.2) is 70.9 Å². The Hall–Kier alpha value is -2.06. The maximum atomic E-state index is 13.3. The highest BCUT2D eigenvalue weighted by atomic mass is 32.1. The molecule has 7 nitrogen and oxygen atoms in total. The molecule has 0 radical (unpaired) electrons. The molecule has 3 heterocycles. The van der Waals surface area contributed by atoms with E-state index >= 15 is 0 Å². The molecule has 0 bridgehead atoms. The van der Waals surface area contributed by atoms with Crippen LogP contribution in [0.2, 0.25) is 0 Å². The lowest BCUT2D eigenvalue weighted by atomic mass is 10.1. The van der Waals surface area contributed by atoms with E-state index in [9.17, 15) is 9.59 Å². The Balaban J connectivity index is 1.50. The molecule has 2 fully saturated rings. The molecule has 1 saturated carbocycles. The fourth-order valence-electron chi connectivity index (χ4n) is 4.02. The summed E-state index contributed by atoms with van der Waals surface area (Å²) in [6.07, 6.45) is 3.21. The van der Waals surface area contributed by atoms with Gasteiger partial charge in [-0.05, 0) is 45.6 Å². The van der Waals surface area contributed by atoms with Crippen LogP contribution in [0.3, 0.4) is 0 Å². The SMILES string of the molecule is CCNC(=O)CN1CCCN(C(=O)c2sc3nc(C4CC4)nc(C)c3c2C)CC1. The number of hydrogen-bond acceptors (Lipinski definition) is 6. The van der Waals surface area contributed by atoms with Gasteiger partial charge >= 0.3 is 0 Å². The number of fused-ring (bicyclic) bond motifs is 1. The molecular weight excluding hydrogens is 386 g/mol. The normalized spacial score (nSPS) is 18.1. The van der Waals surface area contributed by atoms with Gasteiger partial charge in [0.1, 0.15) is 10.7 Å². The first-order chi connectivity index (χ1) is 14.0. The molecule has 2 aliphatic rings. The predicted octanol–water partition coefficient (Wildman–Crippen LogP) is 2.47. The summed E-state index contributed by atoms with van der Waals surface area (Å²) in [4.78, 5) is 40.4. The number of carbonyl (C=O) groups excluding carboxylic acids is 2. The minimum absolute atomic E-state index is 0.0492. The summed E-state index contributed by atoms with van der Waals surface area (Å²) in [6, 6.07) is 0. The Morgan fingerprint density at radius 1 is 1.14 bits per heavy atom. The van der Waals surface area contributed by atoms with Crippen molar-refractivity contribution in [2.45, 2.75) is 46.0 Å². The molecule has 1 aliphatic carbocycles. The second-order valence-electron chi connectivity index (χ2n) is 8.05. The van der Waals surface area contributed by atoms with Crippen LogP contribution in [0.4, 0.5) is 0 Å². The van der Waals surface area contributed by atoms with Crippen LogP contribution in [0, 0.1) is 13.8 Å². The number of amides is 2. The van der Waals surface area contributed by atoms with Crippen molar-refractivity contribution in [3.8, 4) is 0 Å². The van der Waals surface area contributed by atoms with Crippen molar-refractivity contribution in [2.75, 3.05) is 39.3 Å². The third-order valence-corrected chi connectivity index (χ3v) is 6.92. The Morgan fingerprint density at radius 2 is 1.93 bits per heavy atom. The number of carbonyl (C=O) groups is 2. The van der Waals surface area contributed by atoms with Gasteiger partial charge in [-0.25, -0.2) is 9.97 Å². The van der Waals surface area contributed by atoms with Crippen LogP contribution in [0.25, 0.3) is 10.2 Å². The monoisotopic (exact) mass is 415 g/mol. The van der Waals surface area contributed by atoms with Crippen molar-refractivity contribution < 1.29 is 9.59 Å². The summed E-state index contributed by atoms with van der Waals surface area (Å²) >= 11 is 1.50. The van der Waals surface area contributed by atoms with Gasteiger partial charge in [0, 0.05) is 44.0 Å². The van der Waals surface area contributed by atoms with Crippen molar-refractivity contribution in [3.63, 3.8) is 0 Å². The van der Waals surface area contributed by atoms with E-state index in [-0.39, 0.29) is 11.8 Å². The van der Waals surface area contributed by atoms with Gasteiger partial charge < -0.3 is 10.2 Å². The second kappa shape index (κ2) is 8.36. The number of nitrogens with zero attached hydrogens (tertiary/aromatic N) is 4. The van der Waals surface area contributed by atoms with Gasteiger partial charge in [0.15, 0.2) is 0 Å². The van der Waals surface area contributed by atoms with Gasteiger partial charge in [0.25, 0.3) is 5.91 Å². The van der Waals surface area contributed by atoms with E-state index in [2.05, 4.69) is 10.2 Å². The molecule has 1 N–H and O–H groups in total. The number of hydrogen-bond donors (Lipinski definition) is 1. The number of aryl methyl sites for hydroxylation is 2. The van der Waals surface area contributed by atoms with E-state index in [1.54, 1.807) is 0 Å². The molecule has 8 heteroatoms. The number of aromatic nitrogens is 2. The van der Waals surface area contributed by atoms with Gasteiger partial charge in [0.05, 0.1) is 17.1 Å². The molecule has 0 unspecified atom stereocenters. The first-order valence-corrected chi connectivity index (χ1v) is 11.4. The zero-order chi connectivity index (χ0) is 20.5. The lowest BCUT2D eigenvalue weighted by Crippen LogP contribution is -2.40. The van der Waals surface area contributed by atoms with E-state index in [0.29, 0.717) is 25.6 Å². The molecule has 4 rings (SSSR count). The summed E-state index contributed by atoms with van der Waals surface area (Å²) in [5.41, 5.74) is 1.98. The zero-order valence-electron chi connectivity index (χ0n) is 17.5. The highest BCUT2D eigenvalue weighted by Gasteiger charge is 2.29. The van der Waals surface area contributed by atoms with Crippen LogP contribution >= 0.6 is 11.3 Å². The number of rotatable bonds is 5. The Bertz CT molecular complexity index is 937. The van der Waals surface area contributed by atoms with Gasteiger partial charge in [-0.15, -0.1) is 11.3 Å². The summed E-state index contributed by atoms with van der Waals surface area (Å²) in [7, 11) is 0. The Labute approximate surface area is 175 Å². The van der Waals surface area contributed by atoms with Crippen LogP contribution in [-0.2, 0) is 4.79 Å². The summed E-state index contributed by atoms with van der Waals surface area (Å²) in [6.45, 7) is 9.92. The van der Waals surface area contributed by atoms with Crippen molar-refractivity contribution in [1.82, 2.24) is 25.1 Å². The second-order valence-corrected chi connectivity index (χ2v) is 9.05. The number of thiophene rings is 1. The van der Waals surface area contributed by atoms with Gasteiger partial charge in [-0.1, -0.05) is 0 Å². The van der Waals surface area contributed by atoms with E-state index < -0.39 is 0 Å². The smallest absolute Gasteiger partial charge is 0.264 e. The third-order valence-electron chi connectivity index (χ3n) is 5.74. The highest BCUT2D eigenvalue weighted by molar-refractivity contribution is 7.20. The topological polar surface area (TPSA) is 78.4 Å². The first kappa shape index (κ1) is 20.2. The number of likely N-dealkylation sites (N-methyl/N-ethyl adjacent to an activating group) is 1. The van der Waals surface area contributed by atoms with E-state index in [4.69, 9.17) is 9.97 Å². The van der Waals surface area contributed by atoms with Crippen LogP contribution in [0.5, 0.6) is 0 Å². The van der Waals surface area contributed by atoms with Gasteiger partial charge in [-0.2, -0.15) is 0 Å². The molecule has 2 aromatic heterocycles. The fraction of sp³-hybridized carbons (Fsp3) is 0.619. The molecule has 0 spiro atoms. The Kier molecular flexibility index (Phi) is 5.83. The van der Waals surface area contributed by atoms with Gasteiger partial charge in [0.2, 0.25) is 5.91 Å². The Morgan fingerprint density at radius 3 is 2.66 bits per heavy atom. The molecule has 0 atom stereocenters. The molecule has 2 aromatic rings. The van der Waals surface area contributed by atoms with Crippen LogP contribution in [0.15, 0.2) is 0 Å². The lowest BCUT2D eigenvalue weighted by molar-refractivity contribution is -0.122. The van der Waals surface area contributed by atoms with Crippen LogP contribution in [0.1, 0.15) is 58.9 Å². The minimum atomic E-state index is 0.0492. The molecule has 2 amide bonds. The molecule has 29 heavy (non-hydrogen) atoms. The molecular formula is C21H29N5O2S. The fourth-order valence-corrected chi connectivity index (χ4v) is 5.23. The van der Waals surface area contributed by atoms with Crippen molar-refractivity contribution in [3.05, 3.63) is 22.0 Å². The highest BCUT2D eigenvalue weighted by Crippen LogP contribution is 2.40.